The predicted molar refractivity (Wildman–Crippen MR) is 99.0 cm³/mol. The van der Waals surface area contributed by atoms with Crippen molar-refractivity contribution < 1.29 is 0 Å². The summed E-state index contributed by atoms with van der Waals surface area (Å²) in [5.74, 6) is 0.884. The molecule has 0 aliphatic heterocycles. The van der Waals surface area contributed by atoms with Gasteiger partial charge in [-0.15, -0.1) is 13.2 Å². The first-order chi connectivity index (χ1) is 9.53. The van der Waals surface area contributed by atoms with Gasteiger partial charge in [0.15, 0.2) is 0 Å². The Bertz CT molecular complexity index is 257. The van der Waals surface area contributed by atoms with E-state index in [0.717, 1.165) is 17.2 Å². The normalized spacial score (nSPS) is 9.80. The van der Waals surface area contributed by atoms with Gasteiger partial charge in [0.05, 0.1) is 0 Å². The second-order valence-electron chi connectivity index (χ2n) is 3.95. The van der Waals surface area contributed by atoms with E-state index in [1.165, 1.54) is 6.42 Å². The summed E-state index contributed by atoms with van der Waals surface area (Å²) >= 11 is 0. The molecule has 0 bridgehead atoms. The van der Waals surface area contributed by atoms with E-state index in [4.69, 9.17) is 0 Å². The Morgan fingerprint density at radius 3 is 1.60 bits per heavy atom. The minimum absolute atomic E-state index is 0.884. The SMILES string of the molecule is C=C.C=C/C=C(C)\C(=C/C=C)NC.CC.CCC(C)C. The molecule has 118 valence electrons. The molecule has 0 aromatic rings. The first-order valence-electron chi connectivity index (χ1n) is 7.33. The number of nitrogens with one attached hydrogen (secondary N) is 1. The molecule has 0 aliphatic rings. The first kappa shape index (κ1) is 26.9. The maximum atomic E-state index is 3.62. The van der Waals surface area contributed by atoms with Gasteiger partial charge in [-0.2, -0.15) is 0 Å². The third-order valence-corrected chi connectivity index (χ3v) is 2.16. The van der Waals surface area contributed by atoms with E-state index in [0.29, 0.717) is 0 Å². The zero-order chi connectivity index (χ0) is 17.0. The monoisotopic (exact) mass is 279 g/mol. The lowest BCUT2D eigenvalue weighted by Crippen LogP contribution is -2.06. The van der Waals surface area contributed by atoms with Gasteiger partial charge in [0, 0.05) is 12.7 Å². The Morgan fingerprint density at radius 2 is 1.40 bits per heavy atom. The molecule has 0 radical (unpaired) electrons. The zero-order valence-electron chi connectivity index (χ0n) is 14.9. The molecule has 1 N–H and O–H groups in total. The molecule has 0 unspecified atom stereocenters. The number of hydrogen-bond acceptors (Lipinski definition) is 1. The number of hydrogen-bond donors (Lipinski definition) is 1. The van der Waals surface area contributed by atoms with Crippen molar-refractivity contribution in [3.8, 4) is 0 Å². The summed E-state index contributed by atoms with van der Waals surface area (Å²) in [5, 5.41) is 3.06. The van der Waals surface area contributed by atoms with Crippen molar-refractivity contribution >= 4 is 0 Å². The molecule has 0 heterocycles. The van der Waals surface area contributed by atoms with E-state index in [1.807, 2.05) is 40.0 Å². The van der Waals surface area contributed by atoms with Crippen LogP contribution in [0.15, 0.2) is 61.9 Å². The second-order valence-corrected chi connectivity index (χ2v) is 3.95. The fourth-order valence-electron chi connectivity index (χ4n) is 0.796. The molecule has 0 atom stereocenters. The third kappa shape index (κ3) is 25.4. The predicted octanol–water partition coefficient (Wildman–Crippen LogP) is 6.29. The second kappa shape index (κ2) is 26.1. The highest BCUT2D eigenvalue weighted by atomic mass is 14.8. The molecular weight excluding hydrogens is 242 g/mol. The smallest absolute Gasteiger partial charge is 0.0367 e. The van der Waals surface area contributed by atoms with E-state index in [-0.39, 0.29) is 0 Å². The van der Waals surface area contributed by atoms with Gasteiger partial charge in [-0.05, 0) is 24.5 Å². The van der Waals surface area contributed by atoms with Crippen LogP contribution >= 0.6 is 0 Å². The van der Waals surface area contributed by atoms with Gasteiger partial charge in [0.25, 0.3) is 0 Å². The molecule has 0 fully saturated rings. The van der Waals surface area contributed by atoms with Crippen LogP contribution in [0.4, 0.5) is 0 Å². The van der Waals surface area contributed by atoms with Gasteiger partial charge in [-0.25, -0.2) is 0 Å². The number of rotatable bonds is 5. The zero-order valence-corrected chi connectivity index (χ0v) is 14.9. The third-order valence-electron chi connectivity index (χ3n) is 2.16. The van der Waals surface area contributed by atoms with E-state index in [1.54, 1.807) is 12.2 Å². The van der Waals surface area contributed by atoms with Crippen LogP contribution in [0.2, 0.25) is 0 Å². The lowest BCUT2D eigenvalue weighted by molar-refractivity contribution is 0.626. The van der Waals surface area contributed by atoms with E-state index in [2.05, 4.69) is 52.4 Å². The molecular formula is C19H37N. The average molecular weight is 280 g/mol. The van der Waals surface area contributed by atoms with Crippen LogP contribution in [-0.2, 0) is 0 Å². The van der Waals surface area contributed by atoms with Crippen molar-refractivity contribution in [3.63, 3.8) is 0 Å². The van der Waals surface area contributed by atoms with E-state index in [9.17, 15) is 0 Å². The van der Waals surface area contributed by atoms with Crippen molar-refractivity contribution in [2.24, 2.45) is 5.92 Å². The van der Waals surface area contributed by atoms with Crippen molar-refractivity contribution in [2.75, 3.05) is 7.05 Å². The molecule has 0 aromatic carbocycles. The lowest BCUT2D eigenvalue weighted by atomic mass is 10.2. The Labute approximate surface area is 128 Å². The van der Waals surface area contributed by atoms with Crippen molar-refractivity contribution in [2.45, 2.75) is 48.0 Å². The minimum Gasteiger partial charge on any atom is -0.388 e. The maximum absolute atomic E-state index is 3.62. The fourth-order valence-corrected chi connectivity index (χ4v) is 0.796. The molecule has 20 heavy (non-hydrogen) atoms. The van der Waals surface area contributed by atoms with Gasteiger partial charge in [0.2, 0.25) is 0 Å². The summed E-state index contributed by atoms with van der Waals surface area (Å²) in [4.78, 5) is 0. The quantitative estimate of drug-likeness (QED) is 0.460. The molecule has 0 rings (SSSR count). The van der Waals surface area contributed by atoms with Crippen LogP contribution in [0, 0.1) is 5.92 Å². The van der Waals surface area contributed by atoms with Gasteiger partial charge in [-0.3, -0.25) is 0 Å². The highest BCUT2D eigenvalue weighted by Crippen LogP contribution is 2.04. The molecule has 0 aromatic heterocycles. The summed E-state index contributed by atoms with van der Waals surface area (Å²) in [5.41, 5.74) is 2.22. The van der Waals surface area contributed by atoms with Gasteiger partial charge in [0.1, 0.15) is 0 Å². The lowest BCUT2D eigenvalue weighted by Gasteiger charge is -2.04. The maximum Gasteiger partial charge on any atom is 0.0367 e. The summed E-state index contributed by atoms with van der Waals surface area (Å²) in [6.45, 7) is 25.9. The molecule has 1 nitrogen and oxygen atoms in total. The molecule has 0 saturated heterocycles. The fraction of sp³-hybridized carbons (Fsp3) is 0.474. The average Bonchev–Trinajstić information content (AvgIpc) is 2.49. The van der Waals surface area contributed by atoms with Crippen LogP contribution in [0.25, 0.3) is 0 Å². The van der Waals surface area contributed by atoms with Crippen molar-refractivity contribution in [1.29, 1.82) is 0 Å². The highest BCUT2D eigenvalue weighted by Gasteiger charge is 1.91. The van der Waals surface area contributed by atoms with Crippen LogP contribution in [0.1, 0.15) is 48.0 Å². The first-order valence-corrected chi connectivity index (χ1v) is 7.33. The number of likely N-dealkylation sites (N-methyl/N-ethyl adjacent to an activating group) is 1. The molecule has 0 amide bonds. The Morgan fingerprint density at radius 1 is 1.05 bits per heavy atom. The van der Waals surface area contributed by atoms with Crippen LogP contribution in [-0.4, -0.2) is 7.05 Å². The summed E-state index contributed by atoms with van der Waals surface area (Å²) in [6, 6.07) is 0. The van der Waals surface area contributed by atoms with Gasteiger partial charge < -0.3 is 5.32 Å². The van der Waals surface area contributed by atoms with Crippen LogP contribution in [0.3, 0.4) is 0 Å². The Balaban J connectivity index is -0.000000119. The summed E-state index contributed by atoms with van der Waals surface area (Å²) < 4.78 is 0. The van der Waals surface area contributed by atoms with Crippen molar-refractivity contribution in [1.82, 2.24) is 5.32 Å². The topological polar surface area (TPSA) is 12.0 Å². The number of allylic oxidation sites excluding steroid dienone is 5. The largest absolute Gasteiger partial charge is 0.388 e. The Hall–Kier alpha value is -1.50. The summed E-state index contributed by atoms with van der Waals surface area (Å²) in [7, 11) is 1.88. The molecule has 0 spiro atoms. The van der Waals surface area contributed by atoms with Crippen LogP contribution < -0.4 is 5.32 Å². The molecule has 0 saturated carbocycles. The van der Waals surface area contributed by atoms with E-state index < -0.39 is 0 Å². The van der Waals surface area contributed by atoms with Crippen LogP contribution in [0.5, 0.6) is 0 Å². The van der Waals surface area contributed by atoms with Crippen molar-refractivity contribution in [3.05, 3.63) is 61.9 Å². The van der Waals surface area contributed by atoms with Gasteiger partial charge >= 0.3 is 0 Å². The standard InChI is InChI=1S/C10H15N.C5H12.C2H6.C2H4/c1-5-7-9(3)10(11-4)8-6-2;1-4-5(2)3;2*1-2/h5-8,11H,1-2H2,3-4H3;5H,4H2,1-3H3;1-2H3;1-2H2/b9-7-,10-8+;;;. The van der Waals surface area contributed by atoms with E-state index >= 15 is 0 Å². The molecule has 1 heteroatoms. The summed E-state index contributed by atoms with van der Waals surface area (Å²) in [6.07, 6.45) is 8.71. The highest BCUT2D eigenvalue weighted by molar-refractivity contribution is 5.32. The molecule has 0 aliphatic carbocycles. The van der Waals surface area contributed by atoms with Gasteiger partial charge in [-0.1, -0.05) is 72.4 Å². The minimum atomic E-state index is 0.884. The Kier molecular flexibility index (Phi) is 35.2.